The van der Waals surface area contributed by atoms with Crippen LogP contribution >= 0.6 is 27.3 Å². The smallest absolute Gasteiger partial charge is 0.0658 e. The van der Waals surface area contributed by atoms with Gasteiger partial charge in [-0.3, -0.25) is 0 Å². The average molecular weight is 317 g/mol. The van der Waals surface area contributed by atoms with Crippen LogP contribution in [0.1, 0.15) is 21.5 Å². The molecule has 2 heteroatoms. The molecule has 0 amide bonds. The molecule has 0 spiro atoms. The summed E-state index contributed by atoms with van der Waals surface area (Å²) in [5, 5.41) is 3.61. The number of thiophene rings is 1. The molecule has 3 aromatic rings. The first-order valence-corrected chi connectivity index (χ1v) is 7.72. The van der Waals surface area contributed by atoms with E-state index in [1.54, 1.807) is 0 Å². The van der Waals surface area contributed by atoms with Crippen LogP contribution in [0.15, 0.2) is 53.9 Å². The number of aryl methyl sites for hydroxylation is 1. The molecular weight excluding hydrogens is 304 g/mol. The van der Waals surface area contributed by atoms with Gasteiger partial charge in [0.25, 0.3) is 0 Å². The molecule has 0 radical (unpaired) electrons. The van der Waals surface area contributed by atoms with Crippen molar-refractivity contribution in [3.8, 4) is 0 Å². The normalized spacial score (nSPS) is 12.8. The quantitative estimate of drug-likeness (QED) is 0.532. The van der Waals surface area contributed by atoms with Gasteiger partial charge in [0.15, 0.2) is 0 Å². The van der Waals surface area contributed by atoms with E-state index in [1.807, 2.05) is 11.3 Å². The summed E-state index contributed by atoms with van der Waals surface area (Å²) >= 11 is 5.65. The lowest BCUT2D eigenvalue weighted by atomic mass is 10.0. The maximum Gasteiger partial charge on any atom is 0.0658 e. The zero-order chi connectivity index (χ0) is 12.5. The van der Waals surface area contributed by atoms with Gasteiger partial charge in [-0.2, -0.15) is 0 Å². The van der Waals surface area contributed by atoms with Gasteiger partial charge in [-0.05, 0) is 34.9 Å². The SMILES string of the molecule is Cc1cccc(C(Br)c2csc3ccccc23)c1. The molecule has 18 heavy (non-hydrogen) atoms. The summed E-state index contributed by atoms with van der Waals surface area (Å²) in [5.41, 5.74) is 3.98. The highest BCUT2D eigenvalue weighted by atomic mass is 79.9. The summed E-state index contributed by atoms with van der Waals surface area (Å²) in [5.74, 6) is 0. The Bertz CT molecular complexity index is 684. The van der Waals surface area contributed by atoms with E-state index < -0.39 is 0 Å². The minimum atomic E-state index is 0.272. The van der Waals surface area contributed by atoms with Crippen LogP contribution in [-0.4, -0.2) is 0 Å². The number of hydrogen-bond donors (Lipinski definition) is 0. The number of fused-ring (bicyclic) bond motifs is 1. The fraction of sp³-hybridized carbons (Fsp3) is 0.125. The third kappa shape index (κ3) is 2.11. The number of alkyl halides is 1. The minimum absolute atomic E-state index is 0.272. The van der Waals surface area contributed by atoms with Crippen LogP contribution in [0.4, 0.5) is 0 Å². The Kier molecular flexibility index (Phi) is 3.23. The van der Waals surface area contributed by atoms with E-state index in [9.17, 15) is 0 Å². The van der Waals surface area contributed by atoms with Crippen molar-refractivity contribution in [1.29, 1.82) is 0 Å². The maximum atomic E-state index is 3.84. The molecule has 0 fully saturated rings. The van der Waals surface area contributed by atoms with E-state index in [0.29, 0.717) is 0 Å². The Morgan fingerprint density at radius 3 is 2.72 bits per heavy atom. The lowest BCUT2D eigenvalue weighted by Gasteiger charge is -2.10. The van der Waals surface area contributed by atoms with E-state index in [-0.39, 0.29) is 4.83 Å². The van der Waals surface area contributed by atoms with Crippen molar-refractivity contribution >= 4 is 37.4 Å². The molecule has 1 aromatic heterocycles. The first-order chi connectivity index (χ1) is 8.75. The lowest BCUT2D eigenvalue weighted by Crippen LogP contribution is -1.91. The number of rotatable bonds is 2. The van der Waals surface area contributed by atoms with Gasteiger partial charge in [-0.1, -0.05) is 64.0 Å². The van der Waals surface area contributed by atoms with Crippen molar-refractivity contribution in [2.75, 3.05) is 0 Å². The molecule has 3 rings (SSSR count). The van der Waals surface area contributed by atoms with E-state index in [2.05, 4.69) is 76.8 Å². The van der Waals surface area contributed by atoms with Crippen molar-refractivity contribution in [3.05, 3.63) is 70.6 Å². The molecule has 90 valence electrons. The molecule has 0 N–H and O–H groups in total. The highest BCUT2D eigenvalue weighted by molar-refractivity contribution is 9.09. The topological polar surface area (TPSA) is 0 Å². The van der Waals surface area contributed by atoms with Crippen LogP contribution in [0.5, 0.6) is 0 Å². The number of hydrogen-bond acceptors (Lipinski definition) is 1. The zero-order valence-electron chi connectivity index (χ0n) is 10.1. The van der Waals surface area contributed by atoms with Gasteiger partial charge in [-0.15, -0.1) is 11.3 Å². The van der Waals surface area contributed by atoms with Crippen LogP contribution in [0, 0.1) is 6.92 Å². The summed E-state index contributed by atoms with van der Waals surface area (Å²) in [6.07, 6.45) is 0. The summed E-state index contributed by atoms with van der Waals surface area (Å²) in [6.45, 7) is 2.13. The summed E-state index contributed by atoms with van der Waals surface area (Å²) in [6, 6.07) is 17.3. The van der Waals surface area contributed by atoms with Gasteiger partial charge in [0.1, 0.15) is 0 Å². The zero-order valence-corrected chi connectivity index (χ0v) is 12.5. The number of benzene rings is 2. The van der Waals surface area contributed by atoms with Crippen LogP contribution in [0.25, 0.3) is 10.1 Å². The average Bonchev–Trinajstić information content (AvgIpc) is 2.82. The Morgan fingerprint density at radius 2 is 1.89 bits per heavy atom. The molecule has 2 aromatic carbocycles. The Balaban J connectivity index is 2.09. The summed E-state index contributed by atoms with van der Waals surface area (Å²) in [7, 11) is 0. The summed E-state index contributed by atoms with van der Waals surface area (Å²) < 4.78 is 1.35. The molecule has 1 unspecified atom stereocenters. The lowest BCUT2D eigenvalue weighted by molar-refractivity contribution is 1.20. The third-order valence-corrected chi connectivity index (χ3v) is 5.12. The second-order valence-corrected chi connectivity index (χ2v) is 6.29. The van der Waals surface area contributed by atoms with Crippen LogP contribution in [0.3, 0.4) is 0 Å². The molecule has 0 saturated heterocycles. The summed E-state index contributed by atoms with van der Waals surface area (Å²) in [4.78, 5) is 0.272. The molecule has 0 aliphatic rings. The van der Waals surface area contributed by atoms with Gasteiger partial charge in [0, 0.05) is 4.70 Å². The standard InChI is InChI=1S/C16H13BrS/c1-11-5-4-6-12(9-11)16(17)14-10-18-15-8-3-2-7-13(14)15/h2-10,16H,1H3. The van der Waals surface area contributed by atoms with E-state index >= 15 is 0 Å². The van der Waals surface area contributed by atoms with Crippen molar-refractivity contribution in [2.45, 2.75) is 11.8 Å². The monoisotopic (exact) mass is 316 g/mol. The largest absolute Gasteiger partial charge is 0.143 e. The second kappa shape index (κ2) is 4.87. The molecule has 0 nitrogen and oxygen atoms in total. The van der Waals surface area contributed by atoms with Gasteiger partial charge in [-0.25, -0.2) is 0 Å². The van der Waals surface area contributed by atoms with Crippen molar-refractivity contribution in [1.82, 2.24) is 0 Å². The van der Waals surface area contributed by atoms with Crippen molar-refractivity contribution < 1.29 is 0 Å². The minimum Gasteiger partial charge on any atom is -0.143 e. The van der Waals surface area contributed by atoms with Crippen LogP contribution in [0.2, 0.25) is 0 Å². The first-order valence-electron chi connectivity index (χ1n) is 5.92. The van der Waals surface area contributed by atoms with Gasteiger partial charge >= 0.3 is 0 Å². The first kappa shape index (κ1) is 11.9. The Labute approximate surface area is 119 Å². The molecule has 0 bridgehead atoms. The van der Waals surface area contributed by atoms with Gasteiger partial charge in [0.2, 0.25) is 0 Å². The van der Waals surface area contributed by atoms with E-state index in [0.717, 1.165) is 0 Å². The second-order valence-electron chi connectivity index (χ2n) is 4.46. The highest BCUT2D eigenvalue weighted by Gasteiger charge is 2.14. The molecule has 1 heterocycles. The van der Waals surface area contributed by atoms with E-state index in [1.165, 1.54) is 26.8 Å². The van der Waals surface area contributed by atoms with E-state index in [4.69, 9.17) is 0 Å². The fourth-order valence-corrected chi connectivity index (χ4v) is 4.03. The van der Waals surface area contributed by atoms with Crippen molar-refractivity contribution in [3.63, 3.8) is 0 Å². The van der Waals surface area contributed by atoms with Gasteiger partial charge < -0.3 is 0 Å². The molecular formula is C16H13BrS. The molecule has 0 saturated carbocycles. The molecule has 0 aliphatic carbocycles. The number of halogens is 1. The van der Waals surface area contributed by atoms with Crippen molar-refractivity contribution in [2.24, 2.45) is 0 Å². The Hall–Kier alpha value is -1.12. The third-order valence-electron chi connectivity index (χ3n) is 3.12. The predicted octanol–water partition coefficient (Wildman–Crippen LogP) is 5.69. The Morgan fingerprint density at radius 1 is 1.06 bits per heavy atom. The van der Waals surface area contributed by atoms with Gasteiger partial charge in [0.05, 0.1) is 4.83 Å². The molecule has 0 aliphatic heterocycles. The van der Waals surface area contributed by atoms with Crippen LogP contribution in [-0.2, 0) is 0 Å². The predicted molar refractivity (Wildman–Crippen MR) is 83.8 cm³/mol. The van der Waals surface area contributed by atoms with Crippen LogP contribution < -0.4 is 0 Å². The fourth-order valence-electron chi connectivity index (χ4n) is 2.20. The molecule has 1 atom stereocenters. The highest BCUT2D eigenvalue weighted by Crippen LogP contribution is 2.38. The maximum absolute atomic E-state index is 3.84.